The number of hydrogen-bond acceptors (Lipinski definition) is 7. The van der Waals surface area contributed by atoms with E-state index >= 15 is 0 Å². The molecule has 2 aromatic carbocycles. The molecule has 1 atom stereocenters. The van der Waals surface area contributed by atoms with Crippen molar-refractivity contribution in [3.05, 3.63) is 108 Å². The molecule has 0 aliphatic carbocycles. The van der Waals surface area contributed by atoms with Crippen LogP contribution in [0.1, 0.15) is 28.3 Å². The van der Waals surface area contributed by atoms with E-state index in [1.54, 1.807) is 30.3 Å². The molecule has 0 bridgehead atoms. The summed E-state index contributed by atoms with van der Waals surface area (Å²) in [7, 11) is 1.68. The van der Waals surface area contributed by atoms with Crippen LogP contribution in [0.3, 0.4) is 0 Å². The fraction of sp³-hybridized carbons (Fsp3) is 0.107. The van der Waals surface area contributed by atoms with Crippen LogP contribution in [-0.2, 0) is 0 Å². The van der Waals surface area contributed by atoms with Crippen LogP contribution in [0.4, 0.5) is 0 Å². The van der Waals surface area contributed by atoms with Crippen molar-refractivity contribution in [3.63, 3.8) is 0 Å². The van der Waals surface area contributed by atoms with E-state index in [1.165, 1.54) is 0 Å². The Morgan fingerprint density at radius 3 is 2.49 bits per heavy atom. The quantitative estimate of drug-likeness (QED) is 0.346. The Kier molecular flexibility index (Phi) is 4.75. The highest BCUT2D eigenvalue weighted by Gasteiger charge is 2.39. The van der Waals surface area contributed by atoms with Crippen molar-refractivity contribution >= 4 is 5.65 Å². The fourth-order valence-corrected chi connectivity index (χ4v) is 4.96. The Morgan fingerprint density at radius 2 is 1.68 bits per heavy atom. The molecule has 0 unspecified atom stereocenters. The third-order valence-corrected chi connectivity index (χ3v) is 6.61. The maximum atomic E-state index is 6.49. The molecule has 9 heteroatoms. The summed E-state index contributed by atoms with van der Waals surface area (Å²) in [6.45, 7) is 1.99. The SMILES string of the molecule is COc1ccccc1[C@H]1c2c(C)nn(-c3ccccc3)c2Oc2ncn3nc(-c4ccncc4)nc3c21. The zero-order valence-corrected chi connectivity index (χ0v) is 20.1. The summed E-state index contributed by atoms with van der Waals surface area (Å²) in [5, 5.41) is 9.58. The van der Waals surface area contributed by atoms with Gasteiger partial charge < -0.3 is 9.47 Å². The maximum Gasteiger partial charge on any atom is 0.230 e. The lowest BCUT2D eigenvalue weighted by Crippen LogP contribution is -2.16. The van der Waals surface area contributed by atoms with Crippen molar-refractivity contribution in [1.82, 2.24) is 34.3 Å². The third-order valence-electron chi connectivity index (χ3n) is 6.61. The summed E-state index contributed by atoms with van der Waals surface area (Å²) in [4.78, 5) is 13.7. The minimum atomic E-state index is -0.293. The standard InChI is InChI=1S/C28H21N7O2/c1-17-22-23(20-10-6-7-11-21(20)36-2)24-26-31-25(18-12-14-29-15-13-18)33-34(26)16-30-27(24)37-28(22)35(32-17)19-8-4-3-5-9-19/h3-16,23H,1-2H3/t23-/m0/s1. The normalized spacial score (nSPS) is 14.2. The first-order valence-corrected chi connectivity index (χ1v) is 11.8. The second-order valence-corrected chi connectivity index (χ2v) is 8.73. The van der Waals surface area contributed by atoms with Gasteiger partial charge in [0.2, 0.25) is 11.8 Å². The second kappa shape index (κ2) is 8.27. The van der Waals surface area contributed by atoms with Crippen LogP contribution in [-0.4, -0.2) is 41.5 Å². The number of fused-ring (bicyclic) bond motifs is 4. The number of methoxy groups -OCH3 is 1. The minimum Gasteiger partial charge on any atom is -0.496 e. The van der Waals surface area contributed by atoms with Gasteiger partial charge in [-0.15, -0.1) is 5.10 Å². The molecule has 1 aliphatic heterocycles. The first-order valence-electron chi connectivity index (χ1n) is 11.8. The number of para-hydroxylation sites is 2. The average Bonchev–Trinajstić information content (AvgIpc) is 3.54. The molecule has 0 saturated heterocycles. The van der Waals surface area contributed by atoms with Crippen LogP contribution >= 0.6 is 0 Å². The van der Waals surface area contributed by atoms with Gasteiger partial charge in [-0.1, -0.05) is 36.4 Å². The summed E-state index contributed by atoms with van der Waals surface area (Å²) < 4.78 is 15.8. The summed E-state index contributed by atoms with van der Waals surface area (Å²) >= 11 is 0. The molecule has 4 aromatic heterocycles. The van der Waals surface area contributed by atoms with Gasteiger partial charge in [0.05, 0.1) is 35.5 Å². The smallest absolute Gasteiger partial charge is 0.230 e. The Morgan fingerprint density at radius 1 is 0.892 bits per heavy atom. The molecule has 0 amide bonds. The average molecular weight is 488 g/mol. The molecule has 9 nitrogen and oxygen atoms in total. The third kappa shape index (κ3) is 3.28. The Balaban J connectivity index is 1.52. The molecule has 37 heavy (non-hydrogen) atoms. The van der Waals surface area contributed by atoms with Crippen molar-refractivity contribution in [2.75, 3.05) is 7.11 Å². The lowest BCUT2D eigenvalue weighted by molar-refractivity contribution is 0.393. The zero-order chi connectivity index (χ0) is 24.9. The minimum absolute atomic E-state index is 0.293. The van der Waals surface area contributed by atoms with E-state index in [9.17, 15) is 0 Å². The van der Waals surface area contributed by atoms with Crippen LogP contribution < -0.4 is 9.47 Å². The van der Waals surface area contributed by atoms with E-state index in [2.05, 4.69) is 16.0 Å². The van der Waals surface area contributed by atoms with E-state index in [1.807, 2.05) is 72.3 Å². The lowest BCUT2D eigenvalue weighted by atomic mass is 9.84. The lowest BCUT2D eigenvalue weighted by Gasteiger charge is -2.27. The number of aryl methyl sites for hydroxylation is 1. The highest BCUT2D eigenvalue weighted by atomic mass is 16.5. The number of rotatable bonds is 4. The molecule has 0 radical (unpaired) electrons. The first-order chi connectivity index (χ1) is 18.2. The molecule has 180 valence electrons. The summed E-state index contributed by atoms with van der Waals surface area (Å²) in [5.74, 6) is 2.13. The molecule has 6 aromatic rings. The molecule has 0 N–H and O–H groups in total. The number of aromatic nitrogens is 7. The van der Waals surface area contributed by atoms with Crippen molar-refractivity contribution in [3.8, 4) is 34.6 Å². The first kappa shape index (κ1) is 21.3. The van der Waals surface area contributed by atoms with Gasteiger partial charge in [0.15, 0.2) is 11.5 Å². The van der Waals surface area contributed by atoms with Crippen LogP contribution in [0, 0.1) is 6.92 Å². The molecular formula is C28H21N7O2. The van der Waals surface area contributed by atoms with Crippen LogP contribution in [0.15, 0.2) is 85.5 Å². The highest BCUT2D eigenvalue weighted by molar-refractivity contribution is 5.69. The zero-order valence-electron chi connectivity index (χ0n) is 20.1. The molecular weight excluding hydrogens is 466 g/mol. The van der Waals surface area contributed by atoms with E-state index in [-0.39, 0.29) is 5.92 Å². The molecule has 0 spiro atoms. The van der Waals surface area contributed by atoms with Crippen LogP contribution in [0.5, 0.6) is 17.5 Å². The van der Waals surface area contributed by atoms with Gasteiger partial charge in [0, 0.05) is 23.5 Å². The van der Waals surface area contributed by atoms with Crippen molar-refractivity contribution in [2.24, 2.45) is 0 Å². The fourth-order valence-electron chi connectivity index (χ4n) is 4.96. The molecule has 7 rings (SSSR count). The molecule has 0 saturated carbocycles. The molecule has 1 aliphatic rings. The number of hydrogen-bond donors (Lipinski definition) is 0. The number of pyridine rings is 1. The summed E-state index contributed by atoms with van der Waals surface area (Å²) in [5.41, 5.74) is 5.98. The predicted octanol–water partition coefficient (Wildman–Crippen LogP) is 4.97. The van der Waals surface area contributed by atoms with E-state index in [4.69, 9.17) is 24.7 Å². The monoisotopic (exact) mass is 487 g/mol. The van der Waals surface area contributed by atoms with Crippen molar-refractivity contribution in [2.45, 2.75) is 12.8 Å². The van der Waals surface area contributed by atoms with Crippen LogP contribution in [0.2, 0.25) is 0 Å². The highest BCUT2D eigenvalue weighted by Crippen LogP contribution is 2.51. The van der Waals surface area contributed by atoms with Crippen molar-refractivity contribution < 1.29 is 9.47 Å². The second-order valence-electron chi connectivity index (χ2n) is 8.73. The van der Waals surface area contributed by atoms with E-state index in [0.29, 0.717) is 23.2 Å². The van der Waals surface area contributed by atoms with E-state index in [0.717, 1.165) is 39.4 Å². The largest absolute Gasteiger partial charge is 0.496 e. The topological polar surface area (TPSA) is 92.2 Å². The predicted molar refractivity (Wildman–Crippen MR) is 136 cm³/mol. The van der Waals surface area contributed by atoms with Gasteiger partial charge in [0.1, 0.15) is 12.1 Å². The van der Waals surface area contributed by atoms with E-state index < -0.39 is 0 Å². The van der Waals surface area contributed by atoms with Crippen molar-refractivity contribution in [1.29, 1.82) is 0 Å². The summed E-state index contributed by atoms with van der Waals surface area (Å²) in [6.07, 6.45) is 5.08. The molecule has 0 fully saturated rings. The number of nitrogens with zero attached hydrogens (tertiary/aromatic N) is 7. The Bertz CT molecular complexity index is 1760. The molecule has 5 heterocycles. The Hall–Kier alpha value is -5.05. The van der Waals surface area contributed by atoms with Gasteiger partial charge in [-0.25, -0.2) is 19.2 Å². The van der Waals surface area contributed by atoms with Gasteiger partial charge in [0.25, 0.3) is 0 Å². The van der Waals surface area contributed by atoms with Crippen LogP contribution in [0.25, 0.3) is 22.7 Å². The van der Waals surface area contributed by atoms with Gasteiger partial charge in [-0.3, -0.25) is 4.98 Å². The van der Waals surface area contributed by atoms with Gasteiger partial charge >= 0.3 is 0 Å². The Labute approximate surface area is 212 Å². The summed E-state index contributed by atoms with van der Waals surface area (Å²) in [6, 6.07) is 21.7. The number of benzene rings is 2. The van der Waals surface area contributed by atoms with Gasteiger partial charge in [-0.05, 0) is 37.3 Å². The van der Waals surface area contributed by atoms with Gasteiger partial charge in [-0.2, -0.15) is 5.10 Å². The number of ether oxygens (including phenoxy) is 2. The maximum absolute atomic E-state index is 6.49.